The Hall–Kier alpha value is -0.800. The molecule has 2 rings (SSSR count). The molecule has 0 saturated carbocycles. The van der Waals surface area contributed by atoms with E-state index in [4.69, 9.17) is 4.42 Å². The van der Waals surface area contributed by atoms with Crippen LogP contribution in [0.5, 0.6) is 0 Å². The summed E-state index contributed by atoms with van der Waals surface area (Å²) in [5, 5.41) is 3.50. The normalized spacial score (nSPS) is 21.9. The summed E-state index contributed by atoms with van der Waals surface area (Å²) in [5.74, 6) is 2.14. The van der Waals surface area contributed by atoms with Gasteiger partial charge in [-0.1, -0.05) is 13.3 Å². The van der Waals surface area contributed by atoms with Gasteiger partial charge in [-0.3, -0.25) is 0 Å². The van der Waals surface area contributed by atoms with E-state index >= 15 is 0 Å². The number of aryl methyl sites for hydroxylation is 1. The zero-order valence-corrected chi connectivity index (χ0v) is 11.0. The molecule has 3 heteroatoms. The van der Waals surface area contributed by atoms with E-state index in [1.165, 1.54) is 25.8 Å². The van der Waals surface area contributed by atoms with Crippen LogP contribution in [0.1, 0.15) is 37.7 Å². The number of furan rings is 1. The van der Waals surface area contributed by atoms with Crippen molar-refractivity contribution in [2.75, 3.05) is 20.1 Å². The second kappa shape index (κ2) is 6.22. The van der Waals surface area contributed by atoms with Crippen molar-refractivity contribution in [2.45, 2.75) is 45.2 Å². The highest BCUT2D eigenvalue weighted by atomic mass is 16.3. The molecule has 1 aromatic rings. The van der Waals surface area contributed by atoms with Gasteiger partial charge in [0.25, 0.3) is 0 Å². The molecule has 0 bridgehead atoms. The lowest BCUT2D eigenvalue weighted by molar-refractivity contribution is 0.180. The molecule has 96 valence electrons. The summed E-state index contributed by atoms with van der Waals surface area (Å²) in [7, 11) is 2.23. The van der Waals surface area contributed by atoms with Crippen LogP contribution in [-0.4, -0.2) is 31.1 Å². The Balaban J connectivity index is 1.71. The lowest BCUT2D eigenvalue weighted by atomic mass is 10.0. The Labute approximate surface area is 104 Å². The molecule has 0 spiro atoms. The van der Waals surface area contributed by atoms with Crippen LogP contribution >= 0.6 is 0 Å². The lowest BCUT2D eigenvalue weighted by Crippen LogP contribution is -2.42. The maximum atomic E-state index is 5.67. The molecule has 1 aromatic heterocycles. The molecular weight excluding hydrogens is 212 g/mol. The predicted molar refractivity (Wildman–Crippen MR) is 70.1 cm³/mol. The SMILES string of the molecule is CCc1ccc(CNCC2CCCCN2C)o1. The Kier molecular flexibility index (Phi) is 4.63. The van der Waals surface area contributed by atoms with E-state index in [1.807, 2.05) is 0 Å². The van der Waals surface area contributed by atoms with E-state index in [2.05, 4.69) is 36.3 Å². The maximum absolute atomic E-state index is 5.67. The van der Waals surface area contributed by atoms with Gasteiger partial charge in [-0.2, -0.15) is 0 Å². The van der Waals surface area contributed by atoms with Gasteiger partial charge in [0.05, 0.1) is 6.54 Å². The zero-order chi connectivity index (χ0) is 12.1. The van der Waals surface area contributed by atoms with E-state index in [0.29, 0.717) is 6.04 Å². The Morgan fingerprint density at radius 1 is 1.35 bits per heavy atom. The first kappa shape index (κ1) is 12.7. The van der Waals surface area contributed by atoms with Gasteiger partial charge in [-0.15, -0.1) is 0 Å². The molecule has 0 amide bonds. The Morgan fingerprint density at radius 2 is 2.18 bits per heavy atom. The standard InChI is InChI=1S/C14H24N2O/c1-3-13-7-8-14(17-13)11-15-10-12-6-4-5-9-16(12)2/h7-8,12,15H,3-6,9-11H2,1-2H3. The first-order chi connectivity index (χ1) is 8.29. The molecule has 17 heavy (non-hydrogen) atoms. The van der Waals surface area contributed by atoms with E-state index in [0.717, 1.165) is 31.0 Å². The highest BCUT2D eigenvalue weighted by molar-refractivity contribution is 5.06. The minimum atomic E-state index is 0.698. The monoisotopic (exact) mass is 236 g/mol. The smallest absolute Gasteiger partial charge is 0.117 e. The highest BCUT2D eigenvalue weighted by Crippen LogP contribution is 2.14. The fourth-order valence-corrected chi connectivity index (χ4v) is 2.47. The van der Waals surface area contributed by atoms with Gasteiger partial charge in [0.1, 0.15) is 11.5 Å². The fraction of sp³-hybridized carbons (Fsp3) is 0.714. The molecular formula is C14H24N2O. The number of hydrogen-bond acceptors (Lipinski definition) is 3. The summed E-state index contributed by atoms with van der Waals surface area (Å²) < 4.78 is 5.67. The molecule has 1 saturated heterocycles. The topological polar surface area (TPSA) is 28.4 Å². The second-order valence-electron chi connectivity index (χ2n) is 4.98. The van der Waals surface area contributed by atoms with Crippen molar-refractivity contribution in [1.29, 1.82) is 0 Å². The third kappa shape index (κ3) is 3.58. The van der Waals surface area contributed by atoms with Crippen molar-refractivity contribution in [2.24, 2.45) is 0 Å². The van der Waals surface area contributed by atoms with Crippen LogP contribution in [0.4, 0.5) is 0 Å². The molecule has 1 aliphatic rings. The molecule has 2 heterocycles. The minimum Gasteiger partial charge on any atom is -0.465 e. The quantitative estimate of drug-likeness (QED) is 0.851. The number of nitrogens with one attached hydrogen (secondary N) is 1. The first-order valence-corrected chi connectivity index (χ1v) is 6.78. The number of hydrogen-bond donors (Lipinski definition) is 1. The number of rotatable bonds is 5. The average Bonchev–Trinajstić information content (AvgIpc) is 2.80. The van der Waals surface area contributed by atoms with Crippen molar-refractivity contribution in [1.82, 2.24) is 10.2 Å². The van der Waals surface area contributed by atoms with Crippen molar-refractivity contribution >= 4 is 0 Å². The molecule has 3 nitrogen and oxygen atoms in total. The average molecular weight is 236 g/mol. The molecule has 0 radical (unpaired) electrons. The van der Waals surface area contributed by atoms with Crippen LogP contribution in [0.15, 0.2) is 16.5 Å². The third-order valence-corrected chi connectivity index (χ3v) is 3.67. The molecule has 1 aliphatic heterocycles. The van der Waals surface area contributed by atoms with Gasteiger partial charge in [0, 0.05) is 19.0 Å². The first-order valence-electron chi connectivity index (χ1n) is 6.78. The van der Waals surface area contributed by atoms with Gasteiger partial charge in [0.2, 0.25) is 0 Å². The van der Waals surface area contributed by atoms with E-state index in [9.17, 15) is 0 Å². The van der Waals surface area contributed by atoms with Crippen molar-refractivity contribution in [3.63, 3.8) is 0 Å². The largest absolute Gasteiger partial charge is 0.465 e. The Bertz CT molecular complexity index is 335. The van der Waals surface area contributed by atoms with Crippen LogP contribution < -0.4 is 5.32 Å². The van der Waals surface area contributed by atoms with Crippen LogP contribution in [0.3, 0.4) is 0 Å². The number of likely N-dealkylation sites (tertiary alicyclic amines) is 1. The van der Waals surface area contributed by atoms with Crippen molar-refractivity contribution in [3.05, 3.63) is 23.7 Å². The Morgan fingerprint density at radius 3 is 2.88 bits per heavy atom. The van der Waals surface area contributed by atoms with Crippen molar-refractivity contribution in [3.8, 4) is 0 Å². The summed E-state index contributed by atoms with van der Waals surface area (Å²) in [6, 6.07) is 4.85. The second-order valence-corrected chi connectivity index (χ2v) is 4.98. The third-order valence-electron chi connectivity index (χ3n) is 3.67. The molecule has 1 N–H and O–H groups in total. The van der Waals surface area contributed by atoms with Gasteiger partial charge in [-0.25, -0.2) is 0 Å². The zero-order valence-electron chi connectivity index (χ0n) is 11.0. The molecule has 1 atom stereocenters. The fourth-order valence-electron chi connectivity index (χ4n) is 2.47. The van der Waals surface area contributed by atoms with Crippen LogP contribution in [0.2, 0.25) is 0 Å². The summed E-state index contributed by atoms with van der Waals surface area (Å²) >= 11 is 0. The molecule has 0 aromatic carbocycles. The summed E-state index contributed by atoms with van der Waals surface area (Å²) in [5.41, 5.74) is 0. The van der Waals surface area contributed by atoms with Gasteiger partial charge in [-0.05, 0) is 38.6 Å². The summed E-state index contributed by atoms with van der Waals surface area (Å²) in [6.45, 7) is 5.28. The van der Waals surface area contributed by atoms with Crippen molar-refractivity contribution < 1.29 is 4.42 Å². The van der Waals surface area contributed by atoms with Crippen LogP contribution in [0.25, 0.3) is 0 Å². The predicted octanol–water partition coefficient (Wildman–Crippen LogP) is 2.42. The van der Waals surface area contributed by atoms with Crippen LogP contribution in [-0.2, 0) is 13.0 Å². The molecule has 1 fully saturated rings. The lowest BCUT2D eigenvalue weighted by Gasteiger charge is -2.32. The van der Waals surface area contributed by atoms with E-state index in [-0.39, 0.29) is 0 Å². The number of nitrogens with zero attached hydrogens (tertiary/aromatic N) is 1. The van der Waals surface area contributed by atoms with Gasteiger partial charge < -0.3 is 14.6 Å². The number of likely N-dealkylation sites (N-methyl/N-ethyl adjacent to an activating group) is 1. The summed E-state index contributed by atoms with van der Waals surface area (Å²) in [6.07, 6.45) is 5.02. The van der Waals surface area contributed by atoms with Gasteiger partial charge in [0.15, 0.2) is 0 Å². The maximum Gasteiger partial charge on any atom is 0.117 e. The van der Waals surface area contributed by atoms with E-state index < -0.39 is 0 Å². The van der Waals surface area contributed by atoms with E-state index in [1.54, 1.807) is 0 Å². The van der Waals surface area contributed by atoms with Gasteiger partial charge >= 0.3 is 0 Å². The highest BCUT2D eigenvalue weighted by Gasteiger charge is 2.18. The molecule has 0 aliphatic carbocycles. The van der Waals surface area contributed by atoms with Crippen LogP contribution in [0, 0.1) is 0 Å². The molecule has 1 unspecified atom stereocenters. The number of piperidine rings is 1. The summed E-state index contributed by atoms with van der Waals surface area (Å²) in [4.78, 5) is 2.47. The minimum absolute atomic E-state index is 0.698.